The molecular weight excluding hydrogens is 230 g/mol. The highest BCUT2D eigenvalue weighted by Crippen LogP contribution is 2.35. The Bertz CT molecular complexity index is 856. The van der Waals surface area contributed by atoms with E-state index in [1.165, 1.54) is 32.7 Å². The number of hydrogen-bond acceptors (Lipinski definition) is 1. The molecule has 0 atom stereocenters. The second kappa shape index (κ2) is 3.79. The second-order valence-corrected chi connectivity index (χ2v) is 5.02. The van der Waals surface area contributed by atoms with E-state index in [1.54, 1.807) is 0 Å². The molecule has 0 aromatic heterocycles. The number of rotatable bonds is 0. The monoisotopic (exact) mass is 243 g/mol. The van der Waals surface area contributed by atoms with Crippen LogP contribution in [0.4, 0.5) is 0 Å². The summed E-state index contributed by atoms with van der Waals surface area (Å²) >= 11 is 0. The molecule has 0 spiro atoms. The molecule has 0 unspecified atom stereocenters. The van der Waals surface area contributed by atoms with E-state index in [0.29, 0.717) is 5.71 Å². The molecule has 19 heavy (non-hydrogen) atoms. The molecule has 1 aliphatic rings. The van der Waals surface area contributed by atoms with E-state index >= 15 is 0 Å². The molecule has 1 nitrogen and oxygen atoms in total. The van der Waals surface area contributed by atoms with Gasteiger partial charge in [0.1, 0.15) is 0 Å². The summed E-state index contributed by atoms with van der Waals surface area (Å²) in [5, 5.41) is 13.1. The largest absolute Gasteiger partial charge is 0.305 e. The smallest absolute Gasteiger partial charge is 0.0358 e. The van der Waals surface area contributed by atoms with Crippen molar-refractivity contribution in [3.8, 4) is 0 Å². The minimum Gasteiger partial charge on any atom is -0.305 e. The van der Waals surface area contributed by atoms with Crippen molar-refractivity contribution in [2.24, 2.45) is 0 Å². The maximum absolute atomic E-state index is 7.92. The minimum atomic E-state index is 0.688. The summed E-state index contributed by atoms with van der Waals surface area (Å²) in [5.41, 5.74) is 3.26. The van der Waals surface area contributed by atoms with E-state index in [9.17, 15) is 0 Å². The van der Waals surface area contributed by atoms with Gasteiger partial charge in [-0.3, -0.25) is 0 Å². The Balaban J connectivity index is 2.30. The molecule has 0 fully saturated rings. The molecule has 0 saturated carbocycles. The lowest BCUT2D eigenvalue weighted by Crippen LogP contribution is -2.06. The van der Waals surface area contributed by atoms with E-state index in [-0.39, 0.29) is 0 Å². The van der Waals surface area contributed by atoms with Crippen LogP contribution in [-0.4, -0.2) is 5.71 Å². The van der Waals surface area contributed by atoms with E-state index in [2.05, 4.69) is 54.6 Å². The Hall–Kier alpha value is -2.41. The molecule has 0 radical (unpaired) electrons. The lowest BCUT2D eigenvalue weighted by atomic mass is 9.86. The van der Waals surface area contributed by atoms with Crippen LogP contribution in [0.5, 0.6) is 0 Å². The highest BCUT2D eigenvalue weighted by atomic mass is 14.4. The van der Waals surface area contributed by atoms with Gasteiger partial charge < -0.3 is 5.41 Å². The van der Waals surface area contributed by atoms with Gasteiger partial charge in [0.15, 0.2) is 0 Å². The number of benzene rings is 3. The van der Waals surface area contributed by atoms with Gasteiger partial charge in [0.05, 0.1) is 0 Å². The van der Waals surface area contributed by atoms with Gasteiger partial charge in [0.2, 0.25) is 0 Å². The zero-order valence-electron chi connectivity index (χ0n) is 10.5. The average Bonchev–Trinajstić information content (AvgIpc) is 2.47. The Kier molecular flexibility index (Phi) is 2.10. The summed E-state index contributed by atoms with van der Waals surface area (Å²) in [6, 6.07) is 17.1. The normalized spacial score (nSPS) is 14.0. The number of allylic oxidation sites excluding steroid dienone is 1. The standard InChI is InChI=1S/C18H13N/c19-12-9-10-17-15-7-2-1-5-13(15)14-6-3-4-8-16(14)18(17)11-12/h1-10,19H,11H2. The van der Waals surface area contributed by atoms with Crippen LogP contribution in [0, 0.1) is 5.41 Å². The molecule has 1 N–H and O–H groups in total. The van der Waals surface area contributed by atoms with Gasteiger partial charge >= 0.3 is 0 Å². The van der Waals surface area contributed by atoms with Gasteiger partial charge in [-0.25, -0.2) is 0 Å². The Labute approximate surface area is 111 Å². The summed E-state index contributed by atoms with van der Waals surface area (Å²) in [4.78, 5) is 0. The third-order valence-corrected chi connectivity index (χ3v) is 3.90. The van der Waals surface area contributed by atoms with E-state index in [4.69, 9.17) is 5.41 Å². The summed E-state index contributed by atoms with van der Waals surface area (Å²) < 4.78 is 0. The van der Waals surface area contributed by atoms with Gasteiger partial charge in [0.25, 0.3) is 0 Å². The van der Waals surface area contributed by atoms with Gasteiger partial charge in [-0.2, -0.15) is 0 Å². The van der Waals surface area contributed by atoms with Crippen molar-refractivity contribution in [3.63, 3.8) is 0 Å². The van der Waals surface area contributed by atoms with Crippen molar-refractivity contribution >= 4 is 33.3 Å². The molecular formula is C18H13N. The quantitative estimate of drug-likeness (QED) is 0.559. The summed E-state index contributed by atoms with van der Waals surface area (Å²) in [6.45, 7) is 0. The third-order valence-electron chi connectivity index (χ3n) is 3.90. The first-order chi connectivity index (χ1) is 9.34. The molecule has 0 saturated heterocycles. The SMILES string of the molecule is N=C1C=Cc2c(c3ccccc3c3ccccc23)C1. The summed E-state index contributed by atoms with van der Waals surface area (Å²) in [7, 11) is 0. The van der Waals surface area contributed by atoms with Crippen molar-refractivity contribution in [2.45, 2.75) is 6.42 Å². The Morgan fingerprint density at radius 1 is 0.684 bits per heavy atom. The van der Waals surface area contributed by atoms with Crippen LogP contribution < -0.4 is 0 Å². The highest BCUT2D eigenvalue weighted by Gasteiger charge is 2.15. The fraction of sp³-hybridized carbons (Fsp3) is 0.0556. The van der Waals surface area contributed by atoms with Crippen LogP contribution in [0.1, 0.15) is 11.1 Å². The topological polar surface area (TPSA) is 23.9 Å². The zero-order valence-corrected chi connectivity index (χ0v) is 10.5. The molecule has 0 aliphatic heterocycles. The van der Waals surface area contributed by atoms with Crippen LogP contribution in [-0.2, 0) is 6.42 Å². The lowest BCUT2D eigenvalue weighted by molar-refractivity contribution is 1.30. The fourth-order valence-electron chi connectivity index (χ4n) is 3.06. The van der Waals surface area contributed by atoms with Crippen molar-refractivity contribution in [1.29, 1.82) is 5.41 Å². The van der Waals surface area contributed by atoms with Crippen LogP contribution in [0.2, 0.25) is 0 Å². The van der Waals surface area contributed by atoms with Crippen LogP contribution in [0.15, 0.2) is 54.6 Å². The molecule has 1 heteroatoms. The summed E-state index contributed by atoms with van der Waals surface area (Å²) in [5.74, 6) is 0. The predicted octanol–water partition coefficient (Wildman–Crippen LogP) is 4.58. The van der Waals surface area contributed by atoms with Gasteiger partial charge in [-0.05, 0) is 38.7 Å². The molecule has 3 aromatic carbocycles. The van der Waals surface area contributed by atoms with Crippen molar-refractivity contribution in [1.82, 2.24) is 0 Å². The highest BCUT2D eigenvalue weighted by molar-refractivity contribution is 6.16. The van der Waals surface area contributed by atoms with Crippen molar-refractivity contribution in [2.75, 3.05) is 0 Å². The third kappa shape index (κ3) is 1.45. The minimum absolute atomic E-state index is 0.688. The second-order valence-electron chi connectivity index (χ2n) is 5.02. The molecule has 90 valence electrons. The molecule has 4 rings (SSSR count). The average molecular weight is 243 g/mol. The van der Waals surface area contributed by atoms with Crippen LogP contribution in [0.25, 0.3) is 27.6 Å². The first-order valence-electron chi connectivity index (χ1n) is 6.52. The van der Waals surface area contributed by atoms with Crippen molar-refractivity contribution < 1.29 is 0 Å². The molecule has 3 aromatic rings. The zero-order chi connectivity index (χ0) is 12.8. The summed E-state index contributed by atoms with van der Waals surface area (Å²) in [6.07, 6.45) is 4.75. The van der Waals surface area contributed by atoms with Crippen molar-refractivity contribution in [3.05, 3.63) is 65.7 Å². The maximum atomic E-state index is 7.92. The van der Waals surface area contributed by atoms with E-state index < -0.39 is 0 Å². The first-order valence-corrected chi connectivity index (χ1v) is 6.52. The number of nitrogens with one attached hydrogen (secondary N) is 1. The maximum Gasteiger partial charge on any atom is 0.0358 e. The number of hydrogen-bond donors (Lipinski definition) is 1. The van der Waals surface area contributed by atoms with Gasteiger partial charge in [-0.15, -0.1) is 0 Å². The lowest BCUT2D eigenvalue weighted by Gasteiger charge is -2.18. The van der Waals surface area contributed by atoms with E-state index in [1.807, 2.05) is 6.08 Å². The van der Waals surface area contributed by atoms with E-state index in [0.717, 1.165) is 6.42 Å². The molecule has 0 bridgehead atoms. The molecule has 0 amide bonds. The number of fused-ring (bicyclic) bond motifs is 6. The Morgan fingerprint density at radius 2 is 1.26 bits per heavy atom. The van der Waals surface area contributed by atoms with Crippen LogP contribution >= 0.6 is 0 Å². The predicted molar refractivity (Wildman–Crippen MR) is 81.9 cm³/mol. The van der Waals surface area contributed by atoms with Gasteiger partial charge in [-0.1, -0.05) is 54.6 Å². The van der Waals surface area contributed by atoms with Gasteiger partial charge in [0, 0.05) is 12.1 Å². The molecule has 1 aliphatic carbocycles. The molecule has 0 heterocycles. The fourth-order valence-corrected chi connectivity index (χ4v) is 3.06. The van der Waals surface area contributed by atoms with Crippen LogP contribution in [0.3, 0.4) is 0 Å². The Morgan fingerprint density at radius 3 is 2.00 bits per heavy atom. The first kappa shape index (κ1) is 10.5.